The molecule has 1 aliphatic rings. The van der Waals surface area contributed by atoms with Crippen molar-refractivity contribution in [2.45, 2.75) is 58.6 Å². The number of amides is 1. The minimum Gasteiger partial charge on any atom is -0.484 e. The highest BCUT2D eigenvalue weighted by atomic mass is 19.4. The van der Waals surface area contributed by atoms with E-state index in [1.165, 1.54) is 24.3 Å². The van der Waals surface area contributed by atoms with E-state index in [-0.39, 0.29) is 29.5 Å². The largest absolute Gasteiger partial charge is 0.573 e. The second kappa shape index (κ2) is 12.2. The molecule has 4 aromatic rings. The highest BCUT2D eigenvalue weighted by Gasteiger charge is 2.35. The molecule has 0 radical (unpaired) electrons. The number of carbonyl (C=O) groups is 1. The lowest BCUT2D eigenvalue weighted by Crippen LogP contribution is -2.29. The van der Waals surface area contributed by atoms with Crippen LogP contribution in [0.3, 0.4) is 0 Å². The molecule has 1 saturated carbocycles. The summed E-state index contributed by atoms with van der Waals surface area (Å²) in [5, 5.41) is 5.75. The van der Waals surface area contributed by atoms with Gasteiger partial charge in [0, 0.05) is 23.5 Å². The van der Waals surface area contributed by atoms with E-state index in [9.17, 15) is 31.1 Å². The van der Waals surface area contributed by atoms with E-state index >= 15 is 0 Å². The molecule has 45 heavy (non-hydrogen) atoms. The van der Waals surface area contributed by atoms with Crippen LogP contribution in [0.2, 0.25) is 0 Å². The van der Waals surface area contributed by atoms with Crippen LogP contribution in [-0.4, -0.2) is 28.4 Å². The molecular weight excluding hydrogens is 602 g/mol. The highest BCUT2D eigenvalue weighted by Crippen LogP contribution is 2.46. The van der Waals surface area contributed by atoms with Crippen molar-refractivity contribution in [3.63, 3.8) is 0 Å². The average Bonchev–Trinajstić information content (AvgIpc) is 3.28. The first-order chi connectivity index (χ1) is 21.0. The number of carbonyl (C=O) groups excluding carboxylic acids is 1. The zero-order valence-corrected chi connectivity index (χ0v) is 24.7. The van der Waals surface area contributed by atoms with E-state index in [2.05, 4.69) is 40.7 Å². The number of hydrogen-bond donors (Lipinski definition) is 2. The summed E-state index contributed by atoms with van der Waals surface area (Å²) in [6.45, 7) is 6.27. The van der Waals surface area contributed by atoms with Gasteiger partial charge < -0.3 is 24.7 Å². The molecular formula is C32H32F6N4O3. The van der Waals surface area contributed by atoms with Gasteiger partial charge in [0.1, 0.15) is 11.5 Å². The van der Waals surface area contributed by atoms with E-state index in [1.807, 2.05) is 6.07 Å². The summed E-state index contributed by atoms with van der Waals surface area (Å²) < 4.78 is 88.0. The number of anilines is 3. The van der Waals surface area contributed by atoms with Crippen LogP contribution in [0.4, 0.5) is 43.7 Å². The molecule has 2 N–H and O–H groups in total. The predicted molar refractivity (Wildman–Crippen MR) is 158 cm³/mol. The number of nitrogens with one attached hydrogen (secondary N) is 2. The number of hydrogen-bond acceptors (Lipinski definition) is 5. The molecule has 1 heterocycles. The number of fused-ring (bicyclic) bond motifs is 1. The van der Waals surface area contributed by atoms with Gasteiger partial charge in [-0.25, -0.2) is 4.98 Å². The predicted octanol–water partition coefficient (Wildman–Crippen LogP) is 9.10. The van der Waals surface area contributed by atoms with Gasteiger partial charge in [0.2, 0.25) is 5.95 Å². The molecule has 1 aliphatic carbocycles. The fourth-order valence-corrected chi connectivity index (χ4v) is 6.08. The molecule has 0 spiro atoms. The van der Waals surface area contributed by atoms with E-state index in [0.717, 1.165) is 49.0 Å². The SMILES string of the molecule is C[C@@H]1C[C@H](n2c(Nc3ccc(OC(F)(F)F)cc3)nc3cc(OCC(=O)Nc4ccc(C(F)(F)F)cc4)ccc32)CC(C)(C)C1. The standard InChI is InChI=1S/C32H32F6N4O3/c1-19-14-23(17-30(2,3)16-19)42-27-13-12-25(44-18-28(43)39-21-6-4-20(5-7-21)31(33,34)35)15-26(27)41-29(42)40-22-8-10-24(11-9-22)45-32(36,37)38/h4-13,15,19,23H,14,16-18H2,1-3H3,(H,39,43)(H,40,41)/t19-,23+/m1/s1. The van der Waals surface area contributed by atoms with Crippen molar-refractivity contribution < 1.29 is 40.6 Å². The smallest absolute Gasteiger partial charge is 0.484 e. The lowest BCUT2D eigenvalue weighted by molar-refractivity contribution is -0.274. The van der Waals surface area contributed by atoms with Gasteiger partial charge in [-0.3, -0.25) is 4.79 Å². The van der Waals surface area contributed by atoms with Crippen molar-refractivity contribution in [1.82, 2.24) is 9.55 Å². The Hall–Kier alpha value is -4.42. The summed E-state index contributed by atoms with van der Waals surface area (Å²) in [6.07, 6.45) is -6.40. The fraction of sp³-hybridized carbons (Fsp3) is 0.375. The van der Waals surface area contributed by atoms with Gasteiger partial charge in [-0.2, -0.15) is 13.2 Å². The van der Waals surface area contributed by atoms with Gasteiger partial charge in [-0.05, 0) is 91.3 Å². The van der Waals surface area contributed by atoms with Crippen LogP contribution in [0.25, 0.3) is 11.0 Å². The van der Waals surface area contributed by atoms with Crippen LogP contribution < -0.4 is 20.1 Å². The minimum atomic E-state index is -4.80. The number of alkyl halides is 6. The minimum absolute atomic E-state index is 0.0796. The van der Waals surface area contributed by atoms with E-state index in [0.29, 0.717) is 28.8 Å². The molecule has 1 amide bonds. The van der Waals surface area contributed by atoms with Gasteiger partial charge in [0.05, 0.1) is 16.6 Å². The van der Waals surface area contributed by atoms with Gasteiger partial charge in [0.25, 0.3) is 5.91 Å². The Morgan fingerprint density at radius 1 is 0.933 bits per heavy atom. The van der Waals surface area contributed by atoms with Crippen molar-refractivity contribution in [3.8, 4) is 11.5 Å². The van der Waals surface area contributed by atoms with Crippen LogP contribution in [-0.2, 0) is 11.0 Å². The first-order valence-electron chi connectivity index (χ1n) is 14.3. The van der Waals surface area contributed by atoms with Crippen LogP contribution in [0.5, 0.6) is 11.5 Å². The lowest BCUT2D eigenvalue weighted by Gasteiger charge is -2.40. The van der Waals surface area contributed by atoms with Crippen molar-refractivity contribution in [2.24, 2.45) is 11.3 Å². The van der Waals surface area contributed by atoms with Gasteiger partial charge in [0.15, 0.2) is 6.61 Å². The van der Waals surface area contributed by atoms with Crippen molar-refractivity contribution in [1.29, 1.82) is 0 Å². The number of halogens is 6. The molecule has 0 bridgehead atoms. The summed E-state index contributed by atoms with van der Waals surface area (Å²) >= 11 is 0. The third-order valence-corrected chi connectivity index (χ3v) is 7.60. The molecule has 13 heteroatoms. The maximum Gasteiger partial charge on any atom is 0.573 e. The van der Waals surface area contributed by atoms with Crippen molar-refractivity contribution in [3.05, 3.63) is 72.3 Å². The van der Waals surface area contributed by atoms with Crippen LogP contribution in [0, 0.1) is 11.3 Å². The molecule has 2 atom stereocenters. The first-order valence-corrected chi connectivity index (χ1v) is 14.3. The van der Waals surface area contributed by atoms with Crippen LogP contribution in [0.15, 0.2) is 66.7 Å². The van der Waals surface area contributed by atoms with E-state index in [4.69, 9.17) is 9.72 Å². The monoisotopic (exact) mass is 634 g/mol. The number of aromatic nitrogens is 2. The molecule has 0 saturated heterocycles. The number of benzene rings is 3. The molecule has 7 nitrogen and oxygen atoms in total. The summed E-state index contributed by atoms with van der Waals surface area (Å²) in [7, 11) is 0. The van der Waals surface area contributed by atoms with Crippen molar-refractivity contribution >= 4 is 34.3 Å². The Balaban J connectivity index is 1.36. The zero-order valence-electron chi connectivity index (χ0n) is 24.7. The topological polar surface area (TPSA) is 77.4 Å². The molecule has 0 aliphatic heterocycles. The van der Waals surface area contributed by atoms with Gasteiger partial charge in [-0.1, -0.05) is 20.8 Å². The molecule has 1 fully saturated rings. The highest BCUT2D eigenvalue weighted by molar-refractivity contribution is 5.92. The number of imidazole rings is 1. The third-order valence-electron chi connectivity index (χ3n) is 7.60. The number of ether oxygens (including phenoxy) is 2. The maximum absolute atomic E-state index is 12.8. The zero-order chi connectivity index (χ0) is 32.6. The first kappa shape index (κ1) is 32.0. The Kier molecular flexibility index (Phi) is 8.65. The molecule has 3 aromatic carbocycles. The van der Waals surface area contributed by atoms with Crippen molar-refractivity contribution in [2.75, 3.05) is 17.2 Å². The van der Waals surface area contributed by atoms with Gasteiger partial charge in [-0.15, -0.1) is 13.2 Å². The Morgan fingerprint density at radius 3 is 2.20 bits per heavy atom. The number of nitrogens with zero attached hydrogens (tertiary/aromatic N) is 2. The summed E-state index contributed by atoms with van der Waals surface area (Å²) in [5.74, 6) is 0.412. The second-order valence-electron chi connectivity index (χ2n) is 12.1. The quantitative estimate of drug-likeness (QED) is 0.189. The van der Waals surface area contributed by atoms with Gasteiger partial charge >= 0.3 is 12.5 Å². The molecule has 1 aromatic heterocycles. The summed E-state index contributed by atoms with van der Waals surface area (Å²) in [6, 6.07) is 14.8. The summed E-state index contributed by atoms with van der Waals surface area (Å²) in [4.78, 5) is 17.2. The number of rotatable bonds is 8. The van der Waals surface area contributed by atoms with Crippen LogP contribution >= 0.6 is 0 Å². The second-order valence-corrected chi connectivity index (χ2v) is 12.1. The van der Waals surface area contributed by atoms with E-state index in [1.54, 1.807) is 12.1 Å². The van der Waals surface area contributed by atoms with E-state index < -0.39 is 24.0 Å². The Morgan fingerprint density at radius 2 is 1.58 bits per heavy atom. The average molecular weight is 635 g/mol. The summed E-state index contributed by atoms with van der Waals surface area (Å²) in [5.41, 5.74) is 1.36. The van der Waals surface area contributed by atoms with Crippen LogP contribution in [0.1, 0.15) is 51.6 Å². The fourth-order valence-electron chi connectivity index (χ4n) is 6.08. The Labute approximate surface area is 255 Å². The molecule has 5 rings (SSSR count). The lowest BCUT2D eigenvalue weighted by atomic mass is 9.70. The molecule has 240 valence electrons. The third kappa shape index (κ3) is 8.20. The Bertz CT molecular complexity index is 1650. The molecule has 0 unspecified atom stereocenters. The normalized spacial score (nSPS) is 18.4. The maximum atomic E-state index is 12.8.